The summed E-state index contributed by atoms with van der Waals surface area (Å²) in [5.41, 5.74) is 0.183. The second kappa shape index (κ2) is 5.13. The van der Waals surface area contributed by atoms with Crippen molar-refractivity contribution in [3.8, 4) is 6.07 Å². The van der Waals surface area contributed by atoms with Crippen molar-refractivity contribution in [2.24, 2.45) is 5.41 Å². The monoisotopic (exact) mass is 224 g/mol. The van der Waals surface area contributed by atoms with Crippen LogP contribution in [0.3, 0.4) is 0 Å². The van der Waals surface area contributed by atoms with Gasteiger partial charge in [-0.25, -0.2) is 0 Å². The lowest BCUT2D eigenvalue weighted by atomic mass is 10.1. The van der Waals surface area contributed by atoms with Crippen LogP contribution in [0.15, 0.2) is 0 Å². The Morgan fingerprint density at radius 3 is 2.94 bits per heavy atom. The zero-order chi connectivity index (χ0) is 11.4. The summed E-state index contributed by atoms with van der Waals surface area (Å²) in [5, 5.41) is 12.0. The van der Waals surface area contributed by atoms with Gasteiger partial charge in [-0.1, -0.05) is 0 Å². The molecule has 2 unspecified atom stereocenters. The maximum absolute atomic E-state index is 8.68. The molecule has 4 nitrogen and oxygen atoms in total. The molecule has 2 fully saturated rings. The van der Waals surface area contributed by atoms with Gasteiger partial charge in [-0.3, -0.25) is 0 Å². The average molecular weight is 224 g/mol. The largest absolute Gasteiger partial charge is 0.378 e. The second-order valence-electron chi connectivity index (χ2n) is 5.08. The average Bonchev–Trinajstić information content (AvgIpc) is 2.99. The number of nitriles is 1. The van der Waals surface area contributed by atoms with Crippen molar-refractivity contribution in [3.63, 3.8) is 0 Å². The minimum Gasteiger partial charge on any atom is -0.378 e. The zero-order valence-electron chi connectivity index (χ0n) is 9.87. The van der Waals surface area contributed by atoms with Gasteiger partial charge in [-0.2, -0.15) is 5.26 Å². The van der Waals surface area contributed by atoms with E-state index >= 15 is 0 Å². The molecule has 1 heterocycles. The summed E-state index contributed by atoms with van der Waals surface area (Å²) in [7, 11) is 0. The third-order valence-corrected chi connectivity index (χ3v) is 3.35. The summed E-state index contributed by atoms with van der Waals surface area (Å²) in [6.07, 6.45) is 3.35. The molecule has 2 rings (SSSR count). The predicted molar refractivity (Wildman–Crippen MR) is 59.9 cm³/mol. The highest BCUT2D eigenvalue weighted by Gasteiger charge is 2.42. The molecule has 1 aliphatic carbocycles. The topological polar surface area (TPSA) is 54.3 Å². The first-order chi connectivity index (χ1) is 7.74. The third kappa shape index (κ3) is 3.18. The minimum atomic E-state index is 0.168. The molecular weight excluding hydrogens is 204 g/mol. The number of hydrogen-bond acceptors (Lipinski definition) is 4. The lowest BCUT2D eigenvalue weighted by Crippen LogP contribution is -2.45. The number of nitrogens with one attached hydrogen (secondary N) is 1. The molecule has 4 heteroatoms. The van der Waals surface area contributed by atoms with Crippen LogP contribution in [0.5, 0.6) is 0 Å². The van der Waals surface area contributed by atoms with Crippen molar-refractivity contribution < 1.29 is 9.47 Å². The van der Waals surface area contributed by atoms with E-state index in [0.717, 1.165) is 32.5 Å². The summed E-state index contributed by atoms with van der Waals surface area (Å²) in [6.45, 7) is 5.22. The molecule has 0 spiro atoms. The SMILES string of the molecule is CC1CNCC(COCC2(CC#N)CC2)O1. The summed E-state index contributed by atoms with van der Waals surface area (Å²) in [4.78, 5) is 0. The van der Waals surface area contributed by atoms with Crippen molar-refractivity contribution >= 4 is 0 Å². The maximum atomic E-state index is 8.68. The van der Waals surface area contributed by atoms with Crippen LogP contribution >= 0.6 is 0 Å². The number of morpholine rings is 1. The van der Waals surface area contributed by atoms with Gasteiger partial charge in [0.05, 0.1) is 31.5 Å². The van der Waals surface area contributed by atoms with E-state index in [1.54, 1.807) is 0 Å². The molecule has 16 heavy (non-hydrogen) atoms. The summed E-state index contributed by atoms with van der Waals surface area (Å²) < 4.78 is 11.4. The van der Waals surface area contributed by atoms with Crippen LogP contribution in [0.25, 0.3) is 0 Å². The number of hydrogen-bond donors (Lipinski definition) is 1. The quantitative estimate of drug-likeness (QED) is 0.759. The van der Waals surface area contributed by atoms with Gasteiger partial charge in [0.15, 0.2) is 0 Å². The van der Waals surface area contributed by atoms with E-state index in [4.69, 9.17) is 14.7 Å². The number of rotatable bonds is 5. The van der Waals surface area contributed by atoms with E-state index in [1.165, 1.54) is 0 Å². The molecule has 1 aliphatic heterocycles. The third-order valence-electron chi connectivity index (χ3n) is 3.35. The van der Waals surface area contributed by atoms with Crippen LogP contribution in [0, 0.1) is 16.7 Å². The minimum absolute atomic E-state index is 0.168. The van der Waals surface area contributed by atoms with E-state index in [2.05, 4.69) is 18.3 Å². The van der Waals surface area contributed by atoms with Gasteiger partial charge < -0.3 is 14.8 Å². The van der Waals surface area contributed by atoms with Crippen LogP contribution < -0.4 is 5.32 Å². The molecule has 1 saturated carbocycles. The highest BCUT2D eigenvalue weighted by atomic mass is 16.5. The Bertz CT molecular complexity index is 271. The van der Waals surface area contributed by atoms with Crippen molar-refractivity contribution in [3.05, 3.63) is 0 Å². The standard InChI is InChI=1S/C12H20N2O2/c1-10-6-14-7-11(16-10)8-15-9-12(2-3-12)4-5-13/h10-11,14H,2-4,6-9H2,1H3. The van der Waals surface area contributed by atoms with Crippen molar-refractivity contribution in [2.45, 2.75) is 38.4 Å². The van der Waals surface area contributed by atoms with Gasteiger partial charge in [-0.05, 0) is 19.8 Å². The Morgan fingerprint density at radius 2 is 2.31 bits per heavy atom. The second-order valence-corrected chi connectivity index (χ2v) is 5.08. The van der Waals surface area contributed by atoms with Gasteiger partial charge in [0.2, 0.25) is 0 Å². The molecule has 90 valence electrons. The molecule has 2 atom stereocenters. The van der Waals surface area contributed by atoms with Gasteiger partial charge in [-0.15, -0.1) is 0 Å². The number of nitrogens with zero attached hydrogens (tertiary/aromatic N) is 1. The fraction of sp³-hybridized carbons (Fsp3) is 0.917. The van der Waals surface area contributed by atoms with Crippen LogP contribution in [0.2, 0.25) is 0 Å². The van der Waals surface area contributed by atoms with Crippen LogP contribution in [0.4, 0.5) is 0 Å². The summed E-state index contributed by atoms with van der Waals surface area (Å²) >= 11 is 0. The molecular formula is C12H20N2O2. The lowest BCUT2D eigenvalue weighted by molar-refractivity contribution is -0.0740. The predicted octanol–water partition coefficient (Wildman–Crippen LogP) is 1.07. The molecule has 0 aromatic carbocycles. The lowest BCUT2D eigenvalue weighted by Gasteiger charge is -2.29. The van der Waals surface area contributed by atoms with Crippen molar-refractivity contribution in [2.75, 3.05) is 26.3 Å². The molecule has 0 amide bonds. The van der Waals surface area contributed by atoms with E-state index in [9.17, 15) is 0 Å². The molecule has 0 radical (unpaired) electrons. The fourth-order valence-corrected chi connectivity index (χ4v) is 2.09. The van der Waals surface area contributed by atoms with Crippen molar-refractivity contribution in [1.29, 1.82) is 5.26 Å². The molecule has 0 aromatic rings. The van der Waals surface area contributed by atoms with E-state index in [1.807, 2.05) is 0 Å². The van der Waals surface area contributed by atoms with Crippen LogP contribution in [-0.4, -0.2) is 38.5 Å². The molecule has 2 aliphatic rings. The van der Waals surface area contributed by atoms with Gasteiger partial charge >= 0.3 is 0 Å². The van der Waals surface area contributed by atoms with Gasteiger partial charge in [0.1, 0.15) is 0 Å². The number of ether oxygens (including phenoxy) is 2. The van der Waals surface area contributed by atoms with Crippen LogP contribution in [-0.2, 0) is 9.47 Å². The van der Waals surface area contributed by atoms with Crippen LogP contribution in [0.1, 0.15) is 26.2 Å². The summed E-state index contributed by atoms with van der Waals surface area (Å²) in [5.74, 6) is 0. The first-order valence-electron chi connectivity index (χ1n) is 6.05. The Kier molecular flexibility index (Phi) is 3.80. The first-order valence-corrected chi connectivity index (χ1v) is 6.05. The Labute approximate surface area is 96.9 Å². The van der Waals surface area contributed by atoms with Gasteiger partial charge in [0, 0.05) is 24.9 Å². The van der Waals surface area contributed by atoms with Crippen molar-refractivity contribution in [1.82, 2.24) is 5.32 Å². The highest BCUT2D eigenvalue weighted by Crippen LogP contribution is 2.48. The highest BCUT2D eigenvalue weighted by molar-refractivity contribution is 4.99. The molecule has 0 bridgehead atoms. The normalized spacial score (nSPS) is 32.0. The van der Waals surface area contributed by atoms with E-state index in [0.29, 0.717) is 13.0 Å². The first kappa shape index (κ1) is 11.8. The summed E-state index contributed by atoms with van der Waals surface area (Å²) in [6, 6.07) is 2.24. The Morgan fingerprint density at radius 1 is 1.50 bits per heavy atom. The van der Waals surface area contributed by atoms with E-state index < -0.39 is 0 Å². The maximum Gasteiger partial charge on any atom is 0.0936 e. The molecule has 1 saturated heterocycles. The zero-order valence-corrected chi connectivity index (χ0v) is 9.87. The molecule has 1 N–H and O–H groups in total. The molecule has 0 aromatic heterocycles. The fourth-order valence-electron chi connectivity index (χ4n) is 2.09. The Hall–Kier alpha value is -0.630. The Balaban J connectivity index is 1.63. The van der Waals surface area contributed by atoms with Gasteiger partial charge in [0.25, 0.3) is 0 Å². The smallest absolute Gasteiger partial charge is 0.0936 e. The van der Waals surface area contributed by atoms with E-state index in [-0.39, 0.29) is 17.6 Å².